The quantitative estimate of drug-likeness (QED) is 0.553. The van der Waals surface area contributed by atoms with Crippen LogP contribution in [0.1, 0.15) is 55.8 Å². The highest BCUT2D eigenvalue weighted by Crippen LogP contribution is 2.30. The van der Waals surface area contributed by atoms with Gasteiger partial charge in [-0.15, -0.1) is 0 Å². The number of rotatable bonds is 8. The van der Waals surface area contributed by atoms with Gasteiger partial charge < -0.3 is 9.30 Å². The predicted molar refractivity (Wildman–Crippen MR) is 110 cm³/mol. The minimum atomic E-state index is -0.293. The molecule has 1 unspecified atom stereocenters. The Morgan fingerprint density at radius 1 is 1.18 bits per heavy atom. The topological polar surface area (TPSA) is 37.6 Å². The number of benzene rings is 1. The number of fused-ring (bicyclic) bond motifs is 1. The van der Waals surface area contributed by atoms with Gasteiger partial charge in [0, 0.05) is 37.8 Å². The monoisotopic (exact) mass is 381 g/mol. The summed E-state index contributed by atoms with van der Waals surface area (Å²) in [4.78, 5) is 19.5. The number of carbonyl (C=O) groups excluding carboxylic acids is 1. The van der Waals surface area contributed by atoms with Crippen LogP contribution < -0.4 is 0 Å². The molecule has 2 heterocycles. The highest BCUT2D eigenvalue weighted by molar-refractivity contribution is 5.77. The zero-order valence-corrected chi connectivity index (χ0v) is 16.9. The van der Waals surface area contributed by atoms with E-state index in [9.17, 15) is 9.18 Å². The Bertz CT molecular complexity index is 944. The van der Waals surface area contributed by atoms with Gasteiger partial charge in [-0.1, -0.05) is 26.0 Å². The van der Waals surface area contributed by atoms with Crippen molar-refractivity contribution < 1.29 is 9.18 Å². The molecule has 0 saturated heterocycles. The van der Waals surface area contributed by atoms with Gasteiger partial charge in [0.25, 0.3) is 0 Å². The Hall–Kier alpha value is -2.69. The molecule has 3 aromatic rings. The lowest BCUT2D eigenvalue weighted by molar-refractivity contribution is -0.131. The van der Waals surface area contributed by atoms with Crippen LogP contribution in [0.5, 0.6) is 0 Å². The van der Waals surface area contributed by atoms with Gasteiger partial charge in [-0.05, 0) is 55.2 Å². The minimum Gasteiger partial charge on any atom is -0.343 e. The lowest BCUT2D eigenvalue weighted by Crippen LogP contribution is -2.33. The predicted octanol–water partition coefficient (Wildman–Crippen LogP) is 4.95. The van der Waals surface area contributed by atoms with Crippen molar-refractivity contribution in [1.29, 1.82) is 0 Å². The number of nitrogens with zero attached hydrogens (tertiary/aromatic N) is 3. The van der Waals surface area contributed by atoms with Crippen LogP contribution in [-0.4, -0.2) is 33.3 Å². The van der Waals surface area contributed by atoms with Gasteiger partial charge >= 0.3 is 0 Å². The lowest BCUT2D eigenvalue weighted by atomic mass is 9.92. The summed E-state index contributed by atoms with van der Waals surface area (Å²) in [5.74, 6) is -0.448. The molecule has 0 aliphatic rings. The van der Waals surface area contributed by atoms with Gasteiger partial charge in [0.05, 0.1) is 5.69 Å². The van der Waals surface area contributed by atoms with Gasteiger partial charge in [-0.25, -0.2) is 9.37 Å². The number of aromatic nitrogens is 2. The second kappa shape index (κ2) is 9.00. The lowest BCUT2D eigenvalue weighted by Gasteiger charge is -2.25. The van der Waals surface area contributed by atoms with Crippen LogP contribution in [-0.2, 0) is 4.79 Å². The van der Waals surface area contributed by atoms with E-state index < -0.39 is 0 Å². The van der Waals surface area contributed by atoms with E-state index in [-0.39, 0.29) is 17.6 Å². The molecule has 4 nitrogen and oxygen atoms in total. The third-order valence-electron chi connectivity index (χ3n) is 5.02. The van der Waals surface area contributed by atoms with Crippen LogP contribution in [0.2, 0.25) is 0 Å². The molecule has 0 radical (unpaired) electrons. The number of pyridine rings is 1. The highest BCUT2D eigenvalue weighted by Gasteiger charge is 2.24. The van der Waals surface area contributed by atoms with E-state index in [1.54, 1.807) is 6.07 Å². The summed E-state index contributed by atoms with van der Waals surface area (Å²) in [6.07, 6.45) is 5.92. The van der Waals surface area contributed by atoms with E-state index in [4.69, 9.17) is 0 Å². The summed E-state index contributed by atoms with van der Waals surface area (Å²) in [5.41, 5.74) is 3.66. The molecule has 1 atom stereocenters. The molecule has 1 aromatic carbocycles. The summed E-state index contributed by atoms with van der Waals surface area (Å²) < 4.78 is 16.0. The number of amides is 1. The third kappa shape index (κ3) is 4.41. The van der Waals surface area contributed by atoms with Crippen LogP contribution in [0.4, 0.5) is 4.39 Å². The highest BCUT2D eigenvalue weighted by atomic mass is 19.1. The molecule has 28 heavy (non-hydrogen) atoms. The first-order chi connectivity index (χ1) is 13.5. The standard InChI is InChI=1S/C23H28FN3O/c1-4-10-26(11-5-2)23(28)15-20(18-7-6-8-19(24)14-18)21-16-25-22-13-17(3)9-12-27(21)22/h6-9,12-14,16,20H,4-5,10-11,15H2,1-3H3. The second-order valence-electron chi connectivity index (χ2n) is 7.31. The Balaban J connectivity index is 2.01. The van der Waals surface area contributed by atoms with Gasteiger partial charge in [0.1, 0.15) is 11.5 Å². The summed E-state index contributed by atoms with van der Waals surface area (Å²) in [5, 5.41) is 0. The smallest absolute Gasteiger partial charge is 0.223 e. The molecule has 1 amide bonds. The maximum Gasteiger partial charge on any atom is 0.223 e. The number of halogens is 1. The molecule has 0 spiro atoms. The number of imidazole rings is 1. The zero-order valence-electron chi connectivity index (χ0n) is 16.9. The number of hydrogen-bond acceptors (Lipinski definition) is 2. The molecular formula is C23H28FN3O. The van der Waals surface area contributed by atoms with Crippen molar-refractivity contribution in [2.45, 2.75) is 46.0 Å². The van der Waals surface area contributed by atoms with E-state index in [2.05, 4.69) is 18.8 Å². The molecule has 148 valence electrons. The van der Waals surface area contributed by atoms with E-state index in [1.807, 2.05) is 46.8 Å². The Labute approximate surface area is 166 Å². The Morgan fingerprint density at radius 2 is 1.93 bits per heavy atom. The number of hydrogen-bond donors (Lipinski definition) is 0. The number of carbonyl (C=O) groups is 1. The van der Waals surface area contributed by atoms with E-state index in [0.29, 0.717) is 6.42 Å². The molecule has 0 aliphatic heterocycles. The molecule has 0 N–H and O–H groups in total. The normalized spacial score (nSPS) is 12.3. The molecule has 3 rings (SSSR count). The molecular weight excluding hydrogens is 353 g/mol. The van der Waals surface area contributed by atoms with Crippen molar-refractivity contribution in [3.8, 4) is 0 Å². The minimum absolute atomic E-state index is 0.0972. The SMILES string of the molecule is CCCN(CCC)C(=O)CC(c1cccc(F)c1)c1cnc2cc(C)ccn12. The Morgan fingerprint density at radius 3 is 2.61 bits per heavy atom. The van der Waals surface area contributed by atoms with Crippen LogP contribution in [0, 0.1) is 12.7 Å². The fourth-order valence-corrected chi connectivity index (χ4v) is 3.68. The number of aryl methyl sites for hydroxylation is 1. The fourth-order valence-electron chi connectivity index (χ4n) is 3.68. The summed E-state index contributed by atoms with van der Waals surface area (Å²) in [7, 11) is 0. The first-order valence-electron chi connectivity index (χ1n) is 10.00. The fraction of sp³-hybridized carbons (Fsp3) is 0.391. The molecule has 0 saturated carbocycles. The van der Waals surface area contributed by atoms with Gasteiger partial charge in [-0.3, -0.25) is 4.79 Å². The first-order valence-corrected chi connectivity index (χ1v) is 10.00. The van der Waals surface area contributed by atoms with E-state index >= 15 is 0 Å². The van der Waals surface area contributed by atoms with Crippen LogP contribution >= 0.6 is 0 Å². The van der Waals surface area contributed by atoms with Gasteiger partial charge in [0.15, 0.2) is 0 Å². The maximum atomic E-state index is 14.0. The average Bonchev–Trinajstić information content (AvgIpc) is 3.08. The summed E-state index contributed by atoms with van der Waals surface area (Å²) in [6.45, 7) is 7.67. The van der Waals surface area contributed by atoms with Gasteiger partial charge in [-0.2, -0.15) is 0 Å². The van der Waals surface area contributed by atoms with Crippen molar-refractivity contribution in [3.05, 3.63) is 71.4 Å². The van der Waals surface area contributed by atoms with E-state index in [1.165, 1.54) is 12.1 Å². The van der Waals surface area contributed by atoms with E-state index in [0.717, 1.165) is 48.4 Å². The largest absolute Gasteiger partial charge is 0.343 e. The Kier molecular flexibility index (Phi) is 6.45. The third-order valence-corrected chi connectivity index (χ3v) is 5.02. The average molecular weight is 381 g/mol. The maximum absolute atomic E-state index is 14.0. The molecule has 0 fully saturated rings. The van der Waals surface area contributed by atoms with Crippen molar-refractivity contribution in [2.24, 2.45) is 0 Å². The van der Waals surface area contributed by atoms with Crippen molar-refractivity contribution in [3.63, 3.8) is 0 Å². The van der Waals surface area contributed by atoms with Crippen LogP contribution in [0.15, 0.2) is 48.8 Å². The van der Waals surface area contributed by atoms with Crippen molar-refractivity contribution in [2.75, 3.05) is 13.1 Å². The molecule has 0 aliphatic carbocycles. The first kappa shape index (κ1) is 20.1. The summed E-state index contributed by atoms with van der Waals surface area (Å²) >= 11 is 0. The molecule has 0 bridgehead atoms. The second-order valence-corrected chi connectivity index (χ2v) is 7.31. The van der Waals surface area contributed by atoms with Crippen LogP contribution in [0.25, 0.3) is 5.65 Å². The van der Waals surface area contributed by atoms with Crippen molar-refractivity contribution in [1.82, 2.24) is 14.3 Å². The summed E-state index contributed by atoms with van der Waals surface area (Å²) in [6, 6.07) is 10.6. The zero-order chi connectivity index (χ0) is 20.1. The van der Waals surface area contributed by atoms with Gasteiger partial charge in [0.2, 0.25) is 5.91 Å². The molecule has 5 heteroatoms. The molecule has 2 aromatic heterocycles. The van der Waals surface area contributed by atoms with Crippen molar-refractivity contribution >= 4 is 11.6 Å². The van der Waals surface area contributed by atoms with Crippen LogP contribution in [0.3, 0.4) is 0 Å².